The number of fused-ring (bicyclic) bond motifs is 4. The summed E-state index contributed by atoms with van der Waals surface area (Å²) in [5.41, 5.74) is 1.06. The first-order valence-corrected chi connectivity index (χ1v) is 10.0. The van der Waals surface area contributed by atoms with E-state index >= 15 is 0 Å². The molecular weight excluding hydrogens is 422 g/mol. The SMILES string of the molecule is C[C@@H]1N[C@]2(C(=O)Nc3ccc(Br)cc32)[C@H]2C(=O)N(Cc3ccccc3)C(=O)[C@H]12. The van der Waals surface area contributed by atoms with Crippen LogP contribution in [0, 0.1) is 11.8 Å². The molecule has 2 N–H and O–H groups in total. The van der Waals surface area contributed by atoms with Crippen molar-refractivity contribution < 1.29 is 14.4 Å². The molecule has 2 saturated heterocycles. The highest BCUT2D eigenvalue weighted by molar-refractivity contribution is 9.10. The number of benzene rings is 2. The summed E-state index contributed by atoms with van der Waals surface area (Å²) in [4.78, 5) is 41.0. The zero-order valence-electron chi connectivity index (χ0n) is 15.1. The van der Waals surface area contributed by atoms with Gasteiger partial charge in [-0.1, -0.05) is 46.3 Å². The van der Waals surface area contributed by atoms with Gasteiger partial charge in [0, 0.05) is 21.8 Å². The lowest BCUT2D eigenvalue weighted by atomic mass is 9.76. The van der Waals surface area contributed by atoms with E-state index in [0.29, 0.717) is 11.3 Å². The molecule has 2 aromatic carbocycles. The van der Waals surface area contributed by atoms with Crippen molar-refractivity contribution >= 4 is 39.3 Å². The molecule has 0 aliphatic carbocycles. The molecule has 3 heterocycles. The number of hydrogen-bond donors (Lipinski definition) is 2. The number of imide groups is 1. The Balaban J connectivity index is 1.60. The van der Waals surface area contributed by atoms with Gasteiger partial charge in [-0.15, -0.1) is 0 Å². The molecule has 4 atom stereocenters. The number of carbonyl (C=O) groups excluding carboxylic acids is 3. The molecule has 5 rings (SSSR count). The van der Waals surface area contributed by atoms with Crippen molar-refractivity contribution in [1.29, 1.82) is 0 Å². The Kier molecular flexibility index (Phi) is 3.76. The zero-order chi connectivity index (χ0) is 19.6. The molecular formula is C21H18BrN3O3. The predicted octanol–water partition coefficient (Wildman–Crippen LogP) is 2.39. The fourth-order valence-corrected chi connectivity index (χ4v) is 5.28. The van der Waals surface area contributed by atoms with Gasteiger partial charge in [0.15, 0.2) is 0 Å². The topological polar surface area (TPSA) is 78.5 Å². The molecule has 28 heavy (non-hydrogen) atoms. The Morgan fingerprint density at radius 1 is 1.07 bits per heavy atom. The largest absolute Gasteiger partial charge is 0.324 e. The van der Waals surface area contributed by atoms with E-state index in [9.17, 15) is 14.4 Å². The summed E-state index contributed by atoms with van der Waals surface area (Å²) in [5.74, 6) is -2.10. The predicted molar refractivity (Wildman–Crippen MR) is 106 cm³/mol. The summed E-state index contributed by atoms with van der Waals surface area (Å²) in [6.07, 6.45) is 0. The standard InChI is InChI=1S/C21H18BrN3O3/c1-11-16-17(19(27)25(18(16)26)10-12-5-3-2-4-6-12)21(24-11)14-9-13(22)7-8-15(14)23-20(21)28/h2-9,11,16-17,24H,10H2,1H3,(H,23,28)/t11-,16+,17+,21-/m0/s1. The Labute approximate surface area is 170 Å². The van der Waals surface area contributed by atoms with Gasteiger partial charge in [-0.3, -0.25) is 24.6 Å². The first-order valence-electron chi connectivity index (χ1n) is 9.22. The average Bonchev–Trinajstić information content (AvgIpc) is 3.23. The van der Waals surface area contributed by atoms with Gasteiger partial charge in [-0.25, -0.2) is 0 Å². The summed E-state index contributed by atoms with van der Waals surface area (Å²) < 4.78 is 0.818. The second kappa shape index (κ2) is 5.99. The third-order valence-corrected chi connectivity index (χ3v) is 6.59. The lowest BCUT2D eigenvalue weighted by Gasteiger charge is -2.29. The number of carbonyl (C=O) groups is 3. The molecule has 2 aromatic rings. The third-order valence-electron chi connectivity index (χ3n) is 6.10. The van der Waals surface area contributed by atoms with Gasteiger partial charge < -0.3 is 5.32 Å². The second-order valence-electron chi connectivity index (χ2n) is 7.64. The first-order chi connectivity index (χ1) is 13.4. The maximum Gasteiger partial charge on any atom is 0.250 e. The molecule has 2 fully saturated rings. The second-order valence-corrected chi connectivity index (χ2v) is 8.55. The highest BCUT2D eigenvalue weighted by Crippen LogP contribution is 2.53. The van der Waals surface area contributed by atoms with Crippen LogP contribution in [0.25, 0.3) is 0 Å². The van der Waals surface area contributed by atoms with Crippen LogP contribution in [0.15, 0.2) is 53.0 Å². The Bertz CT molecular complexity index is 1020. The Hall–Kier alpha value is -2.51. The van der Waals surface area contributed by atoms with Crippen molar-refractivity contribution in [2.24, 2.45) is 11.8 Å². The summed E-state index contributed by atoms with van der Waals surface area (Å²) >= 11 is 3.46. The fourth-order valence-electron chi connectivity index (χ4n) is 4.92. The summed E-state index contributed by atoms with van der Waals surface area (Å²) in [6.45, 7) is 2.09. The minimum Gasteiger partial charge on any atom is -0.324 e. The number of nitrogens with one attached hydrogen (secondary N) is 2. The number of halogens is 1. The molecule has 0 saturated carbocycles. The summed E-state index contributed by atoms with van der Waals surface area (Å²) in [7, 11) is 0. The van der Waals surface area contributed by atoms with E-state index in [2.05, 4.69) is 26.6 Å². The number of hydrogen-bond acceptors (Lipinski definition) is 4. The Morgan fingerprint density at radius 2 is 1.82 bits per heavy atom. The van der Waals surface area contributed by atoms with Crippen molar-refractivity contribution in [2.45, 2.75) is 25.0 Å². The smallest absolute Gasteiger partial charge is 0.250 e. The van der Waals surface area contributed by atoms with Gasteiger partial charge >= 0.3 is 0 Å². The van der Waals surface area contributed by atoms with Crippen molar-refractivity contribution in [3.8, 4) is 0 Å². The van der Waals surface area contributed by atoms with Crippen LogP contribution in [0.3, 0.4) is 0 Å². The zero-order valence-corrected chi connectivity index (χ0v) is 16.7. The van der Waals surface area contributed by atoms with Crippen LogP contribution < -0.4 is 10.6 Å². The van der Waals surface area contributed by atoms with E-state index in [1.54, 1.807) is 0 Å². The van der Waals surface area contributed by atoms with Gasteiger partial charge in [0.05, 0.1) is 18.4 Å². The van der Waals surface area contributed by atoms with E-state index in [1.165, 1.54) is 4.90 Å². The van der Waals surface area contributed by atoms with Crippen molar-refractivity contribution in [2.75, 3.05) is 5.32 Å². The van der Waals surface area contributed by atoms with Gasteiger partial charge in [0.1, 0.15) is 5.54 Å². The lowest BCUT2D eigenvalue weighted by molar-refractivity contribution is -0.143. The van der Waals surface area contributed by atoms with E-state index in [0.717, 1.165) is 10.0 Å². The summed E-state index contributed by atoms with van der Waals surface area (Å²) in [5, 5.41) is 6.19. The average molecular weight is 440 g/mol. The highest BCUT2D eigenvalue weighted by Gasteiger charge is 2.69. The maximum atomic E-state index is 13.4. The van der Waals surface area contributed by atoms with Crippen LogP contribution in [0.1, 0.15) is 18.1 Å². The van der Waals surface area contributed by atoms with E-state index in [4.69, 9.17) is 0 Å². The van der Waals surface area contributed by atoms with Gasteiger partial charge in [0.2, 0.25) is 17.7 Å². The molecule has 3 aliphatic rings. The monoisotopic (exact) mass is 439 g/mol. The molecule has 1 spiro atoms. The molecule has 7 heteroatoms. The molecule has 3 amide bonds. The Morgan fingerprint density at radius 3 is 2.57 bits per heavy atom. The lowest BCUT2D eigenvalue weighted by Crippen LogP contribution is -2.52. The number of amides is 3. The maximum absolute atomic E-state index is 13.4. The molecule has 3 aliphatic heterocycles. The van der Waals surface area contributed by atoms with Crippen molar-refractivity contribution in [3.63, 3.8) is 0 Å². The van der Waals surface area contributed by atoms with Crippen LogP contribution >= 0.6 is 15.9 Å². The van der Waals surface area contributed by atoms with Gasteiger partial charge in [-0.05, 0) is 30.7 Å². The van der Waals surface area contributed by atoms with Crippen molar-refractivity contribution in [3.05, 3.63) is 64.1 Å². The quantitative estimate of drug-likeness (QED) is 0.704. The van der Waals surface area contributed by atoms with E-state index < -0.39 is 17.4 Å². The van der Waals surface area contributed by atoms with E-state index in [1.807, 2.05) is 55.5 Å². The summed E-state index contributed by atoms with van der Waals surface area (Å²) in [6, 6.07) is 14.7. The number of likely N-dealkylation sites (tertiary alicyclic amines) is 1. The van der Waals surface area contributed by atoms with Gasteiger partial charge in [0.25, 0.3) is 0 Å². The van der Waals surface area contributed by atoms with Crippen LogP contribution in [0.5, 0.6) is 0 Å². The molecule has 0 bridgehead atoms. The number of nitrogens with zero attached hydrogens (tertiary/aromatic N) is 1. The minimum absolute atomic E-state index is 0.216. The van der Waals surface area contributed by atoms with Gasteiger partial charge in [-0.2, -0.15) is 0 Å². The molecule has 0 unspecified atom stereocenters. The number of anilines is 1. The van der Waals surface area contributed by atoms with Crippen LogP contribution in [0.4, 0.5) is 5.69 Å². The van der Waals surface area contributed by atoms with Crippen LogP contribution in [-0.4, -0.2) is 28.7 Å². The molecule has 0 radical (unpaired) electrons. The third kappa shape index (κ3) is 2.20. The van der Waals surface area contributed by atoms with E-state index in [-0.39, 0.29) is 30.3 Å². The minimum atomic E-state index is -1.22. The first kappa shape index (κ1) is 17.6. The molecule has 142 valence electrons. The van der Waals surface area contributed by atoms with Crippen LogP contribution in [0.2, 0.25) is 0 Å². The fraction of sp³-hybridized carbons (Fsp3) is 0.286. The van der Waals surface area contributed by atoms with Crippen LogP contribution in [-0.2, 0) is 26.5 Å². The normalized spacial score (nSPS) is 30.7. The van der Waals surface area contributed by atoms with Crippen molar-refractivity contribution in [1.82, 2.24) is 10.2 Å². The highest BCUT2D eigenvalue weighted by atomic mass is 79.9. The molecule has 0 aromatic heterocycles. The molecule has 6 nitrogen and oxygen atoms in total. The number of rotatable bonds is 2.